The number of piperazine rings is 1. The number of furan rings is 1. The molecule has 4 heterocycles. The Labute approximate surface area is 183 Å². The highest BCUT2D eigenvalue weighted by Gasteiger charge is 2.26. The van der Waals surface area contributed by atoms with Gasteiger partial charge in [0, 0.05) is 32.7 Å². The second-order valence-corrected chi connectivity index (χ2v) is 7.49. The van der Waals surface area contributed by atoms with Crippen LogP contribution < -0.4 is 19.7 Å². The zero-order valence-corrected chi connectivity index (χ0v) is 17.2. The Morgan fingerprint density at radius 2 is 2.00 bits per heavy atom. The van der Waals surface area contributed by atoms with E-state index >= 15 is 0 Å². The first kappa shape index (κ1) is 20.0. The van der Waals surface area contributed by atoms with E-state index < -0.39 is 0 Å². The van der Waals surface area contributed by atoms with Gasteiger partial charge in [0.1, 0.15) is 6.07 Å². The zero-order chi connectivity index (χ0) is 21.9. The van der Waals surface area contributed by atoms with E-state index in [1.54, 1.807) is 12.1 Å². The molecule has 32 heavy (non-hydrogen) atoms. The summed E-state index contributed by atoms with van der Waals surface area (Å²) in [6.07, 6.45) is 1.53. The Kier molecular flexibility index (Phi) is 5.39. The number of hydrogen-bond acceptors (Lipinski definition) is 9. The minimum absolute atomic E-state index is 0.0476. The molecular weight excluding hydrogens is 414 g/mol. The number of oxazole rings is 1. The topological polar surface area (TPSA) is 117 Å². The maximum atomic E-state index is 12.4. The van der Waals surface area contributed by atoms with Crippen LogP contribution in [0.2, 0.25) is 0 Å². The minimum Gasteiger partial charge on any atom is -0.459 e. The van der Waals surface area contributed by atoms with Crippen molar-refractivity contribution in [3.8, 4) is 29.2 Å². The molecule has 0 spiro atoms. The molecule has 1 amide bonds. The smallest absolute Gasteiger partial charge is 0.266 e. The first-order valence-corrected chi connectivity index (χ1v) is 10.3. The molecule has 164 valence electrons. The van der Waals surface area contributed by atoms with E-state index in [4.69, 9.17) is 18.3 Å². The largest absolute Gasteiger partial charge is 0.459 e. The van der Waals surface area contributed by atoms with E-state index in [1.807, 2.05) is 23.1 Å². The van der Waals surface area contributed by atoms with Crippen LogP contribution >= 0.6 is 0 Å². The molecule has 0 atom stereocenters. The second-order valence-electron chi connectivity index (χ2n) is 7.49. The second kappa shape index (κ2) is 8.64. The summed E-state index contributed by atoms with van der Waals surface area (Å²) in [6.45, 7) is 3.53. The molecule has 2 aliphatic heterocycles. The Morgan fingerprint density at radius 3 is 2.78 bits per heavy atom. The molecule has 1 aromatic carbocycles. The van der Waals surface area contributed by atoms with Gasteiger partial charge in [-0.05, 0) is 29.8 Å². The van der Waals surface area contributed by atoms with Crippen LogP contribution in [0, 0.1) is 11.3 Å². The molecule has 0 unspecified atom stereocenters. The molecule has 0 bridgehead atoms. The Bertz CT molecular complexity index is 1140. The molecule has 5 rings (SSSR count). The van der Waals surface area contributed by atoms with Gasteiger partial charge in [0.05, 0.1) is 12.8 Å². The van der Waals surface area contributed by atoms with Crippen molar-refractivity contribution in [2.45, 2.75) is 6.54 Å². The van der Waals surface area contributed by atoms with Crippen LogP contribution in [-0.4, -0.2) is 55.3 Å². The van der Waals surface area contributed by atoms with Gasteiger partial charge in [-0.3, -0.25) is 9.69 Å². The summed E-state index contributed by atoms with van der Waals surface area (Å²) in [4.78, 5) is 20.7. The maximum Gasteiger partial charge on any atom is 0.266 e. The summed E-state index contributed by atoms with van der Waals surface area (Å²) in [5, 5.41) is 12.4. The van der Waals surface area contributed by atoms with Gasteiger partial charge >= 0.3 is 0 Å². The van der Waals surface area contributed by atoms with E-state index in [0.29, 0.717) is 56.7 Å². The summed E-state index contributed by atoms with van der Waals surface area (Å²) < 4.78 is 21.8. The number of nitrogens with one attached hydrogen (secondary N) is 1. The van der Waals surface area contributed by atoms with Crippen molar-refractivity contribution in [3.63, 3.8) is 0 Å². The molecule has 10 nitrogen and oxygen atoms in total. The van der Waals surface area contributed by atoms with Gasteiger partial charge in [-0.15, -0.1) is 0 Å². The number of benzene rings is 1. The molecule has 10 heteroatoms. The third-order valence-electron chi connectivity index (χ3n) is 5.40. The summed E-state index contributed by atoms with van der Waals surface area (Å²) >= 11 is 0. The highest BCUT2D eigenvalue weighted by Crippen LogP contribution is 2.32. The summed E-state index contributed by atoms with van der Waals surface area (Å²) in [7, 11) is 0. The quantitative estimate of drug-likeness (QED) is 0.620. The van der Waals surface area contributed by atoms with Crippen LogP contribution in [0.5, 0.6) is 11.5 Å². The number of hydrogen-bond donors (Lipinski definition) is 1. The van der Waals surface area contributed by atoms with Crippen molar-refractivity contribution in [2.75, 3.05) is 44.4 Å². The van der Waals surface area contributed by atoms with Gasteiger partial charge in [0.2, 0.25) is 24.3 Å². The zero-order valence-electron chi connectivity index (χ0n) is 17.2. The minimum atomic E-state index is -0.0476. The summed E-state index contributed by atoms with van der Waals surface area (Å²) in [5.74, 6) is 2.57. The average molecular weight is 435 g/mol. The lowest BCUT2D eigenvalue weighted by atomic mass is 10.2. The molecule has 1 fully saturated rings. The number of ether oxygens (including phenoxy) is 2. The maximum absolute atomic E-state index is 12.4. The normalized spacial score (nSPS) is 15.5. The van der Waals surface area contributed by atoms with Crippen LogP contribution in [0.25, 0.3) is 11.7 Å². The fraction of sp³-hybridized carbons (Fsp3) is 0.318. The third kappa shape index (κ3) is 4.10. The molecular formula is C22H21N5O5. The molecule has 2 aromatic heterocycles. The van der Waals surface area contributed by atoms with Crippen LogP contribution in [0.15, 0.2) is 45.4 Å². The molecule has 1 saturated heterocycles. The Morgan fingerprint density at radius 1 is 1.16 bits per heavy atom. The van der Waals surface area contributed by atoms with Crippen LogP contribution in [-0.2, 0) is 11.3 Å². The number of carbonyl (C=O) groups excluding carboxylic acids is 1. The van der Waals surface area contributed by atoms with E-state index in [1.165, 1.54) is 6.26 Å². The van der Waals surface area contributed by atoms with E-state index in [0.717, 1.165) is 11.3 Å². The number of fused-ring (bicyclic) bond motifs is 1. The Hall–Kier alpha value is -3.97. The van der Waals surface area contributed by atoms with Crippen LogP contribution in [0.4, 0.5) is 5.88 Å². The van der Waals surface area contributed by atoms with Crippen molar-refractivity contribution < 1.29 is 23.1 Å². The van der Waals surface area contributed by atoms with Crippen molar-refractivity contribution in [3.05, 3.63) is 47.9 Å². The lowest BCUT2D eigenvalue weighted by molar-refractivity contribution is -0.122. The molecule has 0 radical (unpaired) electrons. The lowest BCUT2D eigenvalue weighted by Crippen LogP contribution is -2.49. The van der Waals surface area contributed by atoms with Gasteiger partial charge in [0.15, 0.2) is 17.3 Å². The first-order chi connectivity index (χ1) is 15.7. The van der Waals surface area contributed by atoms with Crippen molar-refractivity contribution >= 4 is 11.8 Å². The number of amides is 1. The van der Waals surface area contributed by atoms with Gasteiger partial charge in [0.25, 0.3) is 5.89 Å². The fourth-order valence-corrected chi connectivity index (χ4v) is 3.72. The fourth-order valence-electron chi connectivity index (χ4n) is 3.72. The van der Waals surface area contributed by atoms with Gasteiger partial charge in [-0.25, -0.2) is 0 Å². The highest BCUT2D eigenvalue weighted by atomic mass is 16.7. The lowest BCUT2D eigenvalue weighted by Gasteiger charge is -2.34. The van der Waals surface area contributed by atoms with Gasteiger partial charge < -0.3 is 28.5 Å². The van der Waals surface area contributed by atoms with Gasteiger partial charge in [-0.2, -0.15) is 10.2 Å². The van der Waals surface area contributed by atoms with Crippen molar-refractivity contribution in [1.29, 1.82) is 5.26 Å². The van der Waals surface area contributed by atoms with Crippen LogP contribution in [0.1, 0.15) is 11.3 Å². The number of nitriles is 1. The molecule has 0 aliphatic carbocycles. The third-order valence-corrected chi connectivity index (χ3v) is 5.40. The van der Waals surface area contributed by atoms with Crippen LogP contribution in [0.3, 0.4) is 0 Å². The van der Waals surface area contributed by atoms with E-state index in [2.05, 4.69) is 21.3 Å². The van der Waals surface area contributed by atoms with E-state index in [9.17, 15) is 10.1 Å². The molecule has 0 saturated carbocycles. The Balaban J connectivity index is 1.13. The van der Waals surface area contributed by atoms with Gasteiger partial charge in [-0.1, -0.05) is 6.07 Å². The van der Waals surface area contributed by atoms with E-state index in [-0.39, 0.29) is 24.3 Å². The number of carbonyl (C=O) groups is 1. The number of anilines is 1. The number of nitrogens with zero attached hydrogens (tertiary/aromatic N) is 4. The number of rotatable bonds is 6. The molecule has 1 N–H and O–H groups in total. The first-order valence-electron chi connectivity index (χ1n) is 10.3. The predicted octanol–water partition coefficient (Wildman–Crippen LogP) is 1.97. The SMILES string of the molecule is N#Cc1nc(-c2ccco2)oc1N1CCN(CC(=O)NCc2ccc3c(c2)OCO3)CC1. The number of aromatic nitrogens is 1. The monoisotopic (exact) mass is 435 g/mol. The molecule has 3 aromatic rings. The van der Waals surface area contributed by atoms with Crippen molar-refractivity contribution in [2.24, 2.45) is 0 Å². The van der Waals surface area contributed by atoms with Crippen molar-refractivity contribution in [1.82, 2.24) is 15.2 Å². The standard InChI is InChI=1S/C22H21N5O5/c23-11-16-22(32-21(25-16)18-2-1-9-29-18)27-7-5-26(6-8-27)13-20(28)24-12-15-3-4-17-19(10-15)31-14-30-17/h1-4,9-10H,5-8,12-14H2,(H,24,28). The molecule has 2 aliphatic rings. The predicted molar refractivity (Wildman–Crippen MR) is 112 cm³/mol. The average Bonchev–Trinajstić information content (AvgIpc) is 3.58. The summed E-state index contributed by atoms with van der Waals surface area (Å²) in [6, 6.07) is 11.2. The summed E-state index contributed by atoms with van der Waals surface area (Å²) in [5.41, 5.74) is 1.18. The highest BCUT2D eigenvalue weighted by molar-refractivity contribution is 5.78.